The van der Waals surface area contributed by atoms with Gasteiger partial charge in [0.25, 0.3) is 0 Å². The van der Waals surface area contributed by atoms with Crippen molar-refractivity contribution in [2.75, 3.05) is 5.32 Å². The normalized spacial score (nSPS) is 10.8. The molecule has 3 aromatic carbocycles. The minimum atomic E-state index is -0.211. The van der Waals surface area contributed by atoms with E-state index >= 15 is 0 Å². The number of carbonyl (C=O) groups excluding carboxylic acids is 2. The molecular formula is C28H26N2O2S. The third kappa shape index (κ3) is 5.44. The fourth-order valence-electron chi connectivity index (χ4n) is 3.74. The molecule has 4 rings (SSSR count). The van der Waals surface area contributed by atoms with E-state index in [4.69, 9.17) is 4.98 Å². The Morgan fingerprint density at radius 1 is 0.818 bits per heavy atom. The quantitative estimate of drug-likeness (QED) is 0.306. The molecule has 1 heterocycles. The number of nitrogens with zero attached hydrogens (tertiary/aromatic N) is 1. The number of hydrogen-bond acceptors (Lipinski definition) is 4. The highest BCUT2D eigenvalue weighted by atomic mass is 32.1. The molecule has 0 saturated heterocycles. The van der Waals surface area contributed by atoms with Crippen LogP contribution in [0.4, 0.5) is 5.13 Å². The van der Waals surface area contributed by atoms with Crippen LogP contribution in [0.3, 0.4) is 0 Å². The number of aromatic nitrogens is 1. The van der Waals surface area contributed by atoms with E-state index in [0.717, 1.165) is 32.8 Å². The van der Waals surface area contributed by atoms with Crippen LogP contribution in [0.5, 0.6) is 0 Å². The molecule has 1 amide bonds. The summed E-state index contributed by atoms with van der Waals surface area (Å²) < 4.78 is 0. The van der Waals surface area contributed by atoms with Gasteiger partial charge in [-0.15, -0.1) is 0 Å². The van der Waals surface area contributed by atoms with Crippen LogP contribution in [0.1, 0.15) is 39.9 Å². The number of carbonyl (C=O) groups is 2. The average Bonchev–Trinajstić information content (AvgIpc) is 3.22. The highest BCUT2D eigenvalue weighted by Crippen LogP contribution is 2.39. The molecule has 0 bridgehead atoms. The van der Waals surface area contributed by atoms with Crippen LogP contribution >= 0.6 is 11.3 Å². The van der Waals surface area contributed by atoms with Gasteiger partial charge in [0, 0.05) is 24.0 Å². The summed E-state index contributed by atoms with van der Waals surface area (Å²) in [5.74, 6) is -0.232. The summed E-state index contributed by atoms with van der Waals surface area (Å²) in [6, 6.07) is 24.0. The maximum Gasteiger partial charge on any atom is 0.226 e. The van der Waals surface area contributed by atoms with E-state index in [9.17, 15) is 9.59 Å². The Labute approximate surface area is 198 Å². The molecule has 0 aliphatic rings. The van der Waals surface area contributed by atoms with Gasteiger partial charge in [-0.3, -0.25) is 9.59 Å². The first kappa shape index (κ1) is 22.6. The van der Waals surface area contributed by atoms with E-state index in [1.54, 1.807) is 0 Å². The molecule has 166 valence electrons. The van der Waals surface area contributed by atoms with Crippen LogP contribution in [0.25, 0.3) is 21.7 Å². The van der Waals surface area contributed by atoms with Gasteiger partial charge in [-0.2, -0.15) is 0 Å². The van der Waals surface area contributed by atoms with Gasteiger partial charge in [0.05, 0.1) is 10.6 Å². The summed E-state index contributed by atoms with van der Waals surface area (Å²) in [6.07, 6.45) is 0.281. The second-order valence-electron chi connectivity index (χ2n) is 8.22. The summed E-state index contributed by atoms with van der Waals surface area (Å²) in [6.45, 7) is 5.98. The van der Waals surface area contributed by atoms with Crippen LogP contribution in [-0.4, -0.2) is 16.7 Å². The van der Waals surface area contributed by atoms with Gasteiger partial charge in [-0.25, -0.2) is 4.98 Å². The highest BCUT2D eigenvalue weighted by molar-refractivity contribution is 7.19. The fraction of sp³-hybridized carbons (Fsp3) is 0.179. The molecule has 1 N–H and O–H groups in total. The Bertz CT molecular complexity index is 1290. The molecular weight excluding hydrogens is 428 g/mol. The lowest BCUT2D eigenvalue weighted by molar-refractivity contribution is -0.116. The van der Waals surface area contributed by atoms with E-state index in [0.29, 0.717) is 10.7 Å². The van der Waals surface area contributed by atoms with E-state index in [-0.39, 0.29) is 24.5 Å². The Morgan fingerprint density at radius 3 is 2.21 bits per heavy atom. The number of aryl methyl sites for hydroxylation is 3. The Balaban J connectivity index is 1.51. The number of benzene rings is 3. The van der Waals surface area contributed by atoms with Crippen LogP contribution in [0.15, 0.2) is 72.8 Å². The first-order valence-electron chi connectivity index (χ1n) is 10.9. The van der Waals surface area contributed by atoms with Crippen molar-refractivity contribution in [2.45, 2.75) is 33.6 Å². The molecule has 1 aromatic heterocycles. The standard InChI is InChI=1S/C28H26N2O2S/c1-18-9-12-22(13-10-18)27-26(21-7-5-4-6-8-21)30-28(33-27)29-25(32)16-15-24(31)23-14-11-19(2)17-20(23)3/h4-14,17H,15-16H2,1-3H3,(H,29,30,32). The van der Waals surface area contributed by atoms with E-state index < -0.39 is 0 Å². The first-order valence-corrected chi connectivity index (χ1v) is 11.8. The maximum absolute atomic E-state index is 12.6. The lowest BCUT2D eigenvalue weighted by atomic mass is 9.99. The smallest absolute Gasteiger partial charge is 0.226 e. The number of Topliss-reactive ketones (excluding diaryl/α,β-unsaturated/α-hetero) is 1. The number of thiazole rings is 1. The van der Waals surface area contributed by atoms with Gasteiger partial charge in [0.1, 0.15) is 0 Å². The van der Waals surface area contributed by atoms with Gasteiger partial charge >= 0.3 is 0 Å². The van der Waals surface area contributed by atoms with Crippen LogP contribution in [-0.2, 0) is 4.79 Å². The minimum absolute atomic E-state index is 0.0212. The largest absolute Gasteiger partial charge is 0.302 e. The van der Waals surface area contributed by atoms with Crippen molar-refractivity contribution in [1.82, 2.24) is 4.98 Å². The summed E-state index contributed by atoms with van der Waals surface area (Å²) >= 11 is 1.45. The van der Waals surface area contributed by atoms with Gasteiger partial charge in [0.2, 0.25) is 5.91 Å². The lowest BCUT2D eigenvalue weighted by Crippen LogP contribution is -2.13. The average molecular weight is 455 g/mol. The van der Waals surface area contributed by atoms with Crippen molar-refractivity contribution in [3.63, 3.8) is 0 Å². The molecule has 0 saturated carbocycles. The summed E-state index contributed by atoms with van der Waals surface area (Å²) in [5.41, 5.74) is 6.81. The van der Waals surface area contributed by atoms with E-state index in [1.165, 1.54) is 16.9 Å². The zero-order valence-electron chi connectivity index (χ0n) is 19.0. The van der Waals surface area contributed by atoms with Crippen molar-refractivity contribution in [3.8, 4) is 21.7 Å². The van der Waals surface area contributed by atoms with E-state index in [1.807, 2.05) is 62.4 Å². The Morgan fingerprint density at radius 2 is 1.52 bits per heavy atom. The third-order valence-electron chi connectivity index (χ3n) is 5.50. The lowest BCUT2D eigenvalue weighted by Gasteiger charge is -2.06. The zero-order chi connectivity index (χ0) is 23.4. The van der Waals surface area contributed by atoms with Crippen molar-refractivity contribution in [1.29, 1.82) is 0 Å². The number of amides is 1. The van der Waals surface area contributed by atoms with Gasteiger partial charge < -0.3 is 5.32 Å². The van der Waals surface area contributed by atoms with Crippen molar-refractivity contribution in [2.24, 2.45) is 0 Å². The SMILES string of the molecule is Cc1ccc(-c2sc(NC(=O)CCC(=O)c3ccc(C)cc3C)nc2-c2ccccc2)cc1. The second kappa shape index (κ2) is 9.92. The monoisotopic (exact) mass is 454 g/mol. The maximum atomic E-state index is 12.6. The fourth-order valence-corrected chi connectivity index (χ4v) is 4.75. The minimum Gasteiger partial charge on any atom is -0.302 e. The predicted molar refractivity (Wildman–Crippen MR) is 136 cm³/mol. The molecule has 0 spiro atoms. The molecule has 0 radical (unpaired) electrons. The van der Waals surface area contributed by atoms with Crippen molar-refractivity contribution in [3.05, 3.63) is 95.1 Å². The van der Waals surface area contributed by atoms with Gasteiger partial charge in [0.15, 0.2) is 10.9 Å². The number of hydrogen-bond donors (Lipinski definition) is 1. The topological polar surface area (TPSA) is 59.1 Å². The van der Waals surface area contributed by atoms with E-state index in [2.05, 4.69) is 36.5 Å². The number of rotatable bonds is 7. The third-order valence-corrected chi connectivity index (χ3v) is 6.52. The van der Waals surface area contributed by atoms with Crippen LogP contribution in [0, 0.1) is 20.8 Å². The predicted octanol–water partition coefficient (Wildman–Crippen LogP) is 7.00. The molecule has 0 aliphatic heterocycles. The summed E-state index contributed by atoms with van der Waals surface area (Å²) in [5, 5.41) is 3.44. The number of ketones is 1. The molecule has 0 fully saturated rings. The van der Waals surface area contributed by atoms with Gasteiger partial charge in [-0.1, -0.05) is 95.3 Å². The van der Waals surface area contributed by atoms with Crippen LogP contribution in [0.2, 0.25) is 0 Å². The molecule has 0 unspecified atom stereocenters. The number of anilines is 1. The highest BCUT2D eigenvalue weighted by Gasteiger charge is 2.17. The second-order valence-corrected chi connectivity index (χ2v) is 9.22. The summed E-state index contributed by atoms with van der Waals surface area (Å²) in [4.78, 5) is 31.0. The first-order chi connectivity index (χ1) is 15.9. The van der Waals surface area contributed by atoms with Crippen molar-refractivity contribution < 1.29 is 9.59 Å². The molecule has 4 aromatic rings. The van der Waals surface area contributed by atoms with Crippen molar-refractivity contribution >= 4 is 28.2 Å². The van der Waals surface area contributed by atoms with Crippen LogP contribution < -0.4 is 5.32 Å². The zero-order valence-corrected chi connectivity index (χ0v) is 19.8. The molecule has 4 nitrogen and oxygen atoms in total. The molecule has 5 heteroatoms. The Kier molecular flexibility index (Phi) is 6.80. The molecule has 0 aliphatic carbocycles. The number of nitrogens with one attached hydrogen (secondary N) is 1. The summed E-state index contributed by atoms with van der Waals surface area (Å²) in [7, 11) is 0. The molecule has 0 atom stereocenters. The van der Waals surface area contributed by atoms with Gasteiger partial charge in [-0.05, 0) is 31.9 Å². The Hall–Kier alpha value is -3.57. The molecule has 33 heavy (non-hydrogen) atoms.